The van der Waals surface area contributed by atoms with Crippen molar-refractivity contribution < 1.29 is 9.15 Å². The predicted octanol–water partition coefficient (Wildman–Crippen LogP) is 3.36. The van der Waals surface area contributed by atoms with Crippen molar-refractivity contribution >= 4 is 15.9 Å². The molecule has 1 aromatic heterocycles. The van der Waals surface area contributed by atoms with Crippen molar-refractivity contribution in [2.75, 3.05) is 7.11 Å². The minimum atomic E-state index is -0.0457. The SMILES string of the molecule is CCc1ccc(C(Cc2ccc(OC)c(Br)c2)NN)o1. The van der Waals surface area contributed by atoms with Crippen LogP contribution in [0.1, 0.15) is 30.0 Å². The summed E-state index contributed by atoms with van der Waals surface area (Å²) in [4.78, 5) is 0. The second-order valence-electron chi connectivity index (χ2n) is 4.55. The van der Waals surface area contributed by atoms with Crippen LogP contribution < -0.4 is 16.0 Å². The minimum absolute atomic E-state index is 0.0457. The lowest BCUT2D eigenvalue weighted by molar-refractivity contribution is 0.395. The summed E-state index contributed by atoms with van der Waals surface area (Å²) in [7, 11) is 1.65. The minimum Gasteiger partial charge on any atom is -0.496 e. The van der Waals surface area contributed by atoms with Crippen LogP contribution in [0, 0.1) is 0 Å². The summed E-state index contributed by atoms with van der Waals surface area (Å²) >= 11 is 3.49. The number of methoxy groups -OCH3 is 1. The maximum absolute atomic E-state index is 5.75. The van der Waals surface area contributed by atoms with Crippen molar-refractivity contribution in [2.24, 2.45) is 5.84 Å². The van der Waals surface area contributed by atoms with Crippen LogP contribution in [0.15, 0.2) is 39.2 Å². The maximum Gasteiger partial charge on any atom is 0.133 e. The van der Waals surface area contributed by atoms with Crippen molar-refractivity contribution in [3.63, 3.8) is 0 Å². The Balaban J connectivity index is 2.15. The molecule has 3 N–H and O–H groups in total. The van der Waals surface area contributed by atoms with E-state index in [1.54, 1.807) is 7.11 Å². The molecule has 1 aromatic carbocycles. The van der Waals surface area contributed by atoms with Crippen LogP contribution in [0.3, 0.4) is 0 Å². The van der Waals surface area contributed by atoms with Gasteiger partial charge in [-0.1, -0.05) is 13.0 Å². The third-order valence-corrected chi connectivity index (χ3v) is 3.85. The third kappa shape index (κ3) is 3.42. The van der Waals surface area contributed by atoms with E-state index < -0.39 is 0 Å². The lowest BCUT2D eigenvalue weighted by atomic mass is 10.0. The number of hydrogen-bond acceptors (Lipinski definition) is 4. The standard InChI is InChI=1S/C15H19BrN2O2/c1-3-11-5-7-15(20-11)13(18-17)9-10-4-6-14(19-2)12(16)8-10/h4-8,13,18H,3,9,17H2,1-2H3. The first-order valence-electron chi connectivity index (χ1n) is 6.55. The summed E-state index contributed by atoms with van der Waals surface area (Å²) < 4.78 is 11.9. The number of furan rings is 1. The molecular formula is C15H19BrN2O2. The molecule has 0 aliphatic carbocycles. The molecule has 0 saturated heterocycles. The lowest BCUT2D eigenvalue weighted by Crippen LogP contribution is -2.29. The van der Waals surface area contributed by atoms with E-state index in [1.165, 1.54) is 0 Å². The number of aryl methyl sites for hydroxylation is 1. The summed E-state index contributed by atoms with van der Waals surface area (Å²) in [6.07, 6.45) is 1.63. The molecule has 0 radical (unpaired) electrons. The van der Waals surface area contributed by atoms with Gasteiger partial charge in [-0.2, -0.15) is 0 Å². The number of nitrogens with two attached hydrogens (primary N) is 1. The van der Waals surface area contributed by atoms with E-state index in [2.05, 4.69) is 28.3 Å². The van der Waals surface area contributed by atoms with Gasteiger partial charge in [0, 0.05) is 6.42 Å². The Labute approximate surface area is 127 Å². The highest BCUT2D eigenvalue weighted by Crippen LogP contribution is 2.28. The first kappa shape index (κ1) is 15.1. The van der Waals surface area contributed by atoms with Gasteiger partial charge < -0.3 is 9.15 Å². The van der Waals surface area contributed by atoms with Crippen LogP contribution in [0.5, 0.6) is 5.75 Å². The smallest absolute Gasteiger partial charge is 0.133 e. The first-order valence-corrected chi connectivity index (χ1v) is 7.34. The second kappa shape index (κ2) is 6.92. The molecule has 0 bridgehead atoms. The topological polar surface area (TPSA) is 60.4 Å². The monoisotopic (exact) mass is 338 g/mol. The van der Waals surface area contributed by atoms with Gasteiger partial charge in [0.05, 0.1) is 17.6 Å². The van der Waals surface area contributed by atoms with Crippen LogP contribution >= 0.6 is 15.9 Å². The second-order valence-corrected chi connectivity index (χ2v) is 5.40. The predicted molar refractivity (Wildman–Crippen MR) is 82.5 cm³/mol. The number of ether oxygens (including phenoxy) is 1. The number of hydrogen-bond donors (Lipinski definition) is 2. The van der Waals surface area contributed by atoms with Gasteiger partial charge in [-0.3, -0.25) is 5.84 Å². The molecule has 0 amide bonds. The highest BCUT2D eigenvalue weighted by Gasteiger charge is 2.15. The highest BCUT2D eigenvalue weighted by atomic mass is 79.9. The Bertz CT molecular complexity index is 569. The molecule has 1 heterocycles. The summed E-state index contributed by atoms with van der Waals surface area (Å²) in [6, 6.07) is 9.92. The molecule has 4 nitrogen and oxygen atoms in total. The molecule has 0 aliphatic rings. The fraction of sp³-hybridized carbons (Fsp3) is 0.333. The van der Waals surface area contributed by atoms with E-state index in [0.29, 0.717) is 0 Å². The number of halogens is 1. The Morgan fingerprint density at radius 3 is 2.70 bits per heavy atom. The lowest BCUT2D eigenvalue weighted by Gasteiger charge is -2.14. The summed E-state index contributed by atoms with van der Waals surface area (Å²) in [5, 5.41) is 0. The van der Waals surface area contributed by atoms with Crippen LogP contribution in [-0.2, 0) is 12.8 Å². The number of nitrogens with one attached hydrogen (secondary N) is 1. The zero-order valence-corrected chi connectivity index (χ0v) is 13.2. The van der Waals surface area contributed by atoms with Crippen molar-refractivity contribution in [3.05, 3.63) is 51.9 Å². The van der Waals surface area contributed by atoms with Gasteiger partial charge >= 0.3 is 0 Å². The largest absolute Gasteiger partial charge is 0.496 e. The third-order valence-electron chi connectivity index (χ3n) is 3.23. The fourth-order valence-electron chi connectivity index (χ4n) is 2.09. The van der Waals surface area contributed by atoms with Gasteiger partial charge in [0.2, 0.25) is 0 Å². The molecule has 2 aromatic rings. The van der Waals surface area contributed by atoms with Gasteiger partial charge in [-0.25, -0.2) is 5.43 Å². The highest BCUT2D eigenvalue weighted by molar-refractivity contribution is 9.10. The molecule has 20 heavy (non-hydrogen) atoms. The van der Waals surface area contributed by atoms with Gasteiger partial charge in [0.1, 0.15) is 17.3 Å². The van der Waals surface area contributed by atoms with E-state index in [0.717, 1.165) is 40.1 Å². The fourth-order valence-corrected chi connectivity index (χ4v) is 2.67. The Morgan fingerprint density at radius 1 is 1.35 bits per heavy atom. The molecule has 0 aliphatic heterocycles. The van der Waals surface area contributed by atoms with Gasteiger partial charge in [0.15, 0.2) is 0 Å². The van der Waals surface area contributed by atoms with Gasteiger partial charge in [-0.05, 0) is 52.2 Å². The number of rotatable bonds is 6. The summed E-state index contributed by atoms with van der Waals surface area (Å²) in [5.74, 6) is 8.29. The molecule has 1 unspecified atom stereocenters. The van der Waals surface area contributed by atoms with E-state index >= 15 is 0 Å². The average Bonchev–Trinajstić information content (AvgIpc) is 2.93. The average molecular weight is 339 g/mol. The van der Waals surface area contributed by atoms with E-state index in [-0.39, 0.29) is 6.04 Å². The molecule has 0 fully saturated rings. The molecule has 108 valence electrons. The van der Waals surface area contributed by atoms with Crippen molar-refractivity contribution in [2.45, 2.75) is 25.8 Å². The van der Waals surface area contributed by atoms with Gasteiger partial charge in [-0.15, -0.1) is 0 Å². The zero-order chi connectivity index (χ0) is 14.5. The summed E-state index contributed by atoms with van der Waals surface area (Å²) in [6.45, 7) is 2.06. The van der Waals surface area contributed by atoms with Crippen LogP contribution in [-0.4, -0.2) is 7.11 Å². The molecule has 0 spiro atoms. The van der Waals surface area contributed by atoms with Gasteiger partial charge in [0.25, 0.3) is 0 Å². The Morgan fingerprint density at radius 2 is 2.15 bits per heavy atom. The molecule has 5 heteroatoms. The zero-order valence-electron chi connectivity index (χ0n) is 11.7. The maximum atomic E-state index is 5.75. The molecule has 2 rings (SSSR count). The normalized spacial score (nSPS) is 12.4. The van der Waals surface area contributed by atoms with E-state index in [4.69, 9.17) is 15.0 Å². The molecular weight excluding hydrogens is 320 g/mol. The van der Waals surface area contributed by atoms with Crippen LogP contribution in [0.4, 0.5) is 0 Å². The Hall–Kier alpha value is -1.30. The Kier molecular flexibility index (Phi) is 5.23. The van der Waals surface area contributed by atoms with Crippen molar-refractivity contribution in [1.82, 2.24) is 5.43 Å². The number of benzene rings is 1. The van der Waals surface area contributed by atoms with Crippen molar-refractivity contribution in [3.8, 4) is 5.75 Å². The molecule has 1 atom stereocenters. The first-order chi connectivity index (χ1) is 9.67. The van der Waals surface area contributed by atoms with Crippen LogP contribution in [0.2, 0.25) is 0 Å². The van der Waals surface area contributed by atoms with Crippen LogP contribution in [0.25, 0.3) is 0 Å². The quantitative estimate of drug-likeness (QED) is 0.626. The van der Waals surface area contributed by atoms with Crippen molar-refractivity contribution in [1.29, 1.82) is 0 Å². The van der Waals surface area contributed by atoms with E-state index in [9.17, 15) is 0 Å². The summed E-state index contributed by atoms with van der Waals surface area (Å²) in [5.41, 5.74) is 3.96. The molecule has 0 saturated carbocycles. The number of hydrazine groups is 1. The van der Waals surface area contributed by atoms with E-state index in [1.807, 2.05) is 30.3 Å².